The summed E-state index contributed by atoms with van der Waals surface area (Å²) in [6.07, 6.45) is -9.89. The van der Waals surface area contributed by atoms with Crippen LogP contribution in [-0.2, 0) is 23.7 Å². The maximum atomic E-state index is 12.4. The lowest BCUT2D eigenvalue weighted by molar-refractivity contribution is -0.377. The molecule has 0 radical (unpaired) electrons. The molecule has 0 amide bonds. The molecule has 0 bridgehead atoms. The lowest BCUT2D eigenvalue weighted by Gasteiger charge is -2.72. The van der Waals surface area contributed by atoms with E-state index in [1.165, 1.54) is 0 Å². The van der Waals surface area contributed by atoms with E-state index in [0.29, 0.717) is 25.7 Å². The van der Waals surface area contributed by atoms with E-state index in [2.05, 4.69) is 41.5 Å². The summed E-state index contributed by atoms with van der Waals surface area (Å²) in [5.41, 5.74) is -3.33. The van der Waals surface area contributed by atoms with Crippen LogP contribution in [0.25, 0.3) is 0 Å². The fraction of sp³-hybridized carbons (Fsp3) is 1.00. The highest BCUT2D eigenvalue weighted by molar-refractivity contribution is 5.22. The second-order valence-corrected chi connectivity index (χ2v) is 20.8. The standard InChI is InChI=1S/C41H70O14/c1-36(2)25(45)10-12-38(5)24-15-20(43)27-19(41(8)14-11-26(55-41)37(3,4)50)9-13-39(27,6)40(24,7)16-22(33(36)38)52-35-32(30(48)29(47)23(17-42)53-35)54-34-31(49)28(46)21(44)18-51-34/h19-35,42-50H,9-18H2,1-8H3/t19-,20-,21+,22-,23+,24-,25-,26+,27+,28+,29+,30-,31+,32+,33-,34+,35-,38-,39+,40-,41-/m0/s1. The Labute approximate surface area is 325 Å². The molecule has 0 aromatic rings. The molecule has 14 heteroatoms. The fourth-order valence-corrected chi connectivity index (χ4v) is 13.9. The number of ether oxygens (including phenoxy) is 5. The van der Waals surface area contributed by atoms with E-state index in [1.807, 2.05) is 0 Å². The van der Waals surface area contributed by atoms with Crippen LogP contribution in [0.2, 0.25) is 0 Å². The topological polar surface area (TPSA) is 228 Å². The maximum Gasteiger partial charge on any atom is 0.187 e. The Morgan fingerprint density at radius 1 is 0.745 bits per heavy atom. The minimum Gasteiger partial charge on any atom is -0.394 e. The van der Waals surface area contributed by atoms with Gasteiger partial charge in [0.05, 0.1) is 48.8 Å². The third-order valence-electron chi connectivity index (χ3n) is 17.0. The Bertz CT molecular complexity index is 1390. The van der Waals surface area contributed by atoms with Crippen molar-refractivity contribution in [1.29, 1.82) is 0 Å². The van der Waals surface area contributed by atoms with E-state index in [-0.39, 0.29) is 41.8 Å². The third kappa shape index (κ3) is 6.50. The zero-order chi connectivity index (χ0) is 40.4. The van der Waals surface area contributed by atoms with Crippen LogP contribution in [0, 0.1) is 45.3 Å². The molecular formula is C41H70O14. The van der Waals surface area contributed by atoms with Gasteiger partial charge in [-0.3, -0.25) is 0 Å². The molecule has 0 aromatic carbocycles. The predicted molar refractivity (Wildman–Crippen MR) is 196 cm³/mol. The SMILES string of the molecule is CC(C)(O)[C@H]1CC[C@@](C)([C@H]2CC[C@]3(C)[C@H]2[C@@H](O)C[C@H]2[C@]4(C)CC[C@H](O)C(C)(C)[C@@H]4[C@@H](O[C@H]4O[C@H](CO)[C@@H](O)[C@H](O)[C@H]4O[C@H]4OC[C@@H](O)[C@@H](O)[C@H]4O)C[C@@]23C)O1. The molecule has 4 aliphatic carbocycles. The number of hydrogen-bond donors (Lipinski definition) is 9. The molecule has 7 fully saturated rings. The van der Waals surface area contributed by atoms with Crippen molar-refractivity contribution in [1.82, 2.24) is 0 Å². The molecule has 3 heterocycles. The van der Waals surface area contributed by atoms with Gasteiger partial charge >= 0.3 is 0 Å². The van der Waals surface area contributed by atoms with Gasteiger partial charge in [0.25, 0.3) is 0 Å². The lowest BCUT2D eigenvalue weighted by atomic mass is 9.34. The quantitative estimate of drug-likeness (QED) is 0.164. The van der Waals surface area contributed by atoms with Gasteiger partial charge in [-0.25, -0.2) is 0 Å². The molecule has 318 valence electrons. The van der Waals surface area contributed by atoms with E-state index in [1.54, 1.807) is 13.8 Å². The van der Waals surface area contributed by atoms with E-state index >= 15 is 0 Å². The molecule has 21 atom stereocenters. The van der Waals surface area contributed by atoms with Crippen LogP contribution in [0.5, 0.6) is 0 Å². The minimum atomic E-state index is -1.68. The van der Waals surface area contributed by atoms with E-state index in [9.17, 15) is 46.0 Å². The van der Waals surface area contributed by atoms with Crippen molar-refractivity contribution in [3.8, 4) is 0 Å². The monoisotopic (exact) mass is 786 g/mol. The van der Waals surface area contributed by atoms with Crippen molar-refractivity contribution >= 4 is 0 Å². The molecule has 0 aromatic heterocycles. The average Bonchev–Trinajstić information content (AvgIpc) is 3.70. The Balaban J connectivity index is 1.25. The Kier molecular flexibility index (Phi) is 11.1. The fourth-order valence-electron chi connectivity index (χ4n) is 13.9. The average molecular weight is 787 g/mol. The molecule has 14 nitrogen and oxygen atoms in total. The zero-order valence-electron chi connectivity index (χ0n) is 34.0. The van der Waals surface area contributed by atoms with Gasteiger partial charge in [-0.2, -0.15) is 0 Å². The molecule has 9 N–H and O–H groups in total. The Hall–Kier alpha value is -0.560. The summed E-state index contributed by atoms with van der Waals surface area (Å²) in [7, 11) is 0. The van der Waals surface area contributed by atoms with Crippen molar-refractivity contribution in [3.05, 3.63) is 0 Å². The summed E-state index contributed by atoms with van der Waals surface area (Å²) in [4.78, 5) is 0. The van der Waals surface area contributed by atoms with Crippen LogP contribution in [0.15, 0.2) is 0 Å². The largest absolute Gasteiger partial charge is 0.394 e. The van der Waals surface area contributed by atoms with E-state index < -0.39 is 108 Å². The minimum absolute atomic E-state index is 0.0590. The summed E-state index contributed by atoms with van der Waals surface area (Å²) >= 11 is 0. The number of hydrogen-bond acceptors (Lipinski definition) is 14. The van der Waals surface area contributed by atoms with Crippen LogP contribution in [0.4, 0.5) is 0 Å². The number of rotatable bonds is 7. The van der Waals surface area contributed by atoms with Crippen LogP contribution in [-0.4, -0.2) is 150 Å². The predicted octanol–water partition coefficient (Wildman–Crippen LogP) is 0.970. The number of aliphatic hydroxyl groups is 9. The van der Waals surface area contributed by atoms with Gasteiger partial charge in [-0.1, -0.05) is 34.6 Å². The zero-order valence-corrected chi connectivity index (χ0v) is 34.0. The van der Waals surface area contributed by atoms with Crippen LogP contribution in [0.1, 0.15) is 107 Å². The van der Waals surface area contributed by atoms with Crippen molar-refractivity contribution < 1.29 is 69.6 Å². The van der Waals surface area contributed by atoms with Crippen molar-refractivity contribution in [3.63, 3.8) is 0 Å². The normalized spacial score (nSPS) is 56.8. The molecule has 4 saturated carbocycles. The lowest BCUT2D eigenvalue weighted by Crippen LogP contribution is -2.71. The molecule has 7 rings (SSSR count). The second-order valence-electron chi connectivity index (χ2n) is 20.8. The number of aliphatic hydroxyl groups excluding tert-OH is 8. The van der Waals surface area contributed by atoms with Gasteiger partial charge in [0, 0.05) is 0 Å². The first-order valence-corrected chi connectivity index (χ1v) is 20.8. The summed E-state index contributed by atoms with van der Waals surface area (Å²) in [5.74, 6) is -0.233. The molecule has 0 unspecified atom stereocenters. The summed E-state index contributed by atoms with van der Waals surface area (Å²) in [5, 5.41) is 98.7. The molecule has 3 aliphatic heterocycles. The Morgan fingerprint density at radius 2 is 1.44 bits per heavy atom. The maximum absolute atomic E-state index is 12.4. The van der Waals surface area contributed by atoms with E-state index in [0.717, 1.165) is 25.7 Å². The first-order valence-electron chi connectivity index (χ1n) is 20.8. The van der Waals surface area contributed by atoms with Gasteiger partial charge in [-0.05, 0) is 117 Å². The van der Waals surface area contributed by atoms with Gasteiger partial charge < -0.3 is 69.6 Å². The van der Waals surface area contributed by atoms with E-state index in [4.69, 9.17) is 23.7 Å². The highest BCUT2D eigenvalue weighted by atomic mass is 16.8. The molecule has 7 aliphatic rings. The van der Waals surface area contributed by atoms with Gasteiger partial charge in [0.2, 0.25) is 0 Å². The van der Waals surface area contributed by atoms with Gasteiger partial charge in [-0.15, -0.1) is 0 Å². The van der Waals surface area contributed by atoms with Gasteiger partial charge in [0.15, 0.2) is 12.6 Å². The molecule has 0 spiro atoms. The summed E-state index contributed by atoms with van der Waals surface area (Å²) in [6.45, 7) is 15.8. The van der Waals surface area contributed by atoms with Crippen molar-refractivity contribution in [2.24, 2.45) is 45.3 Å². The first kappa shape index (κ1) is 42.6. The first-order chi connectivity index (χ1) is 25.4. The highest BCUT2D eigenvalue weighted by Gasteiger charge is 2.74. The van der Waals surface area contributed by atoms with Crippen LogP contribution in [0.3, 0.4) is 0 Å². The van der Waals surface area contributed by atoms with Gasteiger partial charge in [0.1, 0.15) is 42.7 Å². The second kappa shape index (κ2) is 14.3. The molecule has 55 heavy (non-hydrogen) atoms. The molecule has 3 saturated heterocycles. The molecular weight excluding hydrogens is 716 g/mol. The summed E-state index contributed by atoms with van der Waals surface area (Å²) in [6, 6.07) is 0. The van der Waals surface area contributed by atoms with Crippen molar-refractivity contribution in [2.45, 2.75) is 198 Å². The van der Waals surface area contributed by atoms with Crippen LogP contribution >= 0.6 is 0 Å². The smallest absolute Gasteiger partial charge is 0.187 e. The van der Waals surface area contributed by atoms with Crippen molar-refractivity contribution in [2.75, 3.05) is 13.2 Å². The Morgan fingerprint density at radius 3 is 2.07 bits per heavy atom. The summed E-state index contributed by atoms with van der Waals surface area (Å²) < 4.78 is 31.6. The highest BCUT2D eigenvalue weighted by Crippen LogP contribution is 2.76. The number of fused-ring (bicyclic) bond motifs is 5. The van der Waals surface area contributed by atoms with Crippen LogP contribution < -0.4 is 0 Å². The third-order valence-corrected chi connectivity index (χ3v) is 17.0.